The van der Waals surface area contributed by atoms with Crippen molar-refractivity contribution >= 4 is 0 Å². The molecule has 0 bridgehead atoms. The molecule has 1 heterocycles. The van der Waals surface area contributed by atoms with E-state index >= 15 is 0 Å². The van der Waals surface area contributed by atoms with Gasteiger partial charge in [-0.25, -0.2) is 0 Å². The highest BCUT2D eigenvalue weighted by atomic mass is 16.7. The molecule has 1 fully saturated rings. The maximum Gasteiger partial charge on any atom is 0.186 e. The quantitative estimate of drug-likeness (QED) is 0.324. The molecule has 0 spiro atoms. The van der Waals surface area contributed by atoms with Crippen LogP contribution in [-0.2, 0) is 9.47 Å². The largest absolute Gasteiger partial charge is 0.388 e. The maximum atomic E-state index is 9.88. The third kappa shape index (κ3) is 12.0. The van der Waals surface area contributed by atoms with Crippen LogP contribution in [0, 0.1) is 23.7 Å². The molecule has 0 aliphatic carbocycles. The zero-order chi connectivity index (χ0) is 22.5. The standard InChI is InChI=1S/C25H50O5/c1-18(2)9-6-10-19(3)11-7-12-20(4)13-8-14-21(5)15-16-29-25-24(28)23(27)22(26)17-30-25/h18-28H,6-17H2,1-5H3. The summed E-state index contributed by atoms with van der Waals surface area (Å²) in [5.41, 5.74) is 0. The molecule has 5 nitrogen and oxygen atoms in total. The second-order valence-corrected chi connectivity index (χ2v) is 10.4. The lowest BCUT2D eigenvalue weighted by molar-refractivity contribution is -0.270. The summed E-state index contributed by atoms with van der Waals surface area (Å²) in [7, 11) is 0. The summed E-state index contributed by atoms with van der Waals surface area (Å²) in [6.45, 7) is 12.2. The predicted molar refractivity (Wildman–Crippen MR) is 122 cm³/mol. The molecule has 0 aromatic rings. The Hall–Kier alpha value is -0.200. The monoisotopic (exact) mass is 430 g/mol. The topological polar surface area (TPSA) is 79.2 Å². The number of aliphatic hydroxyl groups excluding tert-OH is 3. The second kappa shape index (κ2) is 15.6. The van der Waals surface area contributed by atoms with Gasteiger partial charge in [0.25, 0.3) is 0 Å². The first kappa shape index (κ1) is 27.8. The van der Waals surface area contributed by atoms with Gasteiger partial charge in [0.2, 0.25) is 0 Å². The van der Waals surface area contributed by atoms with Gasteiger partial charge in [0.15, 0.2) is 6.29 Å². The summed E-state index contributed by atoms with van der Waals surface area (Å²) in [6, 6.07) is 0. The van der Waals surface area contributed by atoms with Gasteiger partial charge in [-0.15, -0.1) is 0 Å². The van der Waals surface area contributed by atoms with Gasteiger partial charge in [0.05, 0.1) is 13.2 Å². The van der Waals surface area contributed by atoms with Crippen LogP contribution in [0.15, 0.2) is 0 Å². The number of aliphatic hydroxyl groups is 3. The van der Waals surface area contributed by atoms with E-state index in [2.05, 4.69) is 34.6 Å². The molecule has 7 unspecified atom stereocenters. The average molecular weight is 431 g/mol. The van der Waals surface area contributed by atoms with Crippen molar-refractivity contribution in [1.29, 1.82) is 0 Å². The maximum absolute atomic E-state index is 9.88. The van der Waals surface area contributed by atoms with Crippen LogP contribution in [-0.4, -0.2) is 53.1 Å². The van der Waals surface area contributed by atoms with Crippen molar-refractivity contribution in [1.82, 2.24) is 0 Å². The van der Waals surface area contributed by atoms with Crippen LogP contribution in [0.3, 0.4) is 0 Å². The minimum absolute atomic E-state index is 0.00689. The smallest absolute Gasteiger partial charge is 0.186 e. The fourth-order valence-corrected chi connectivity index (χ4v) is 4.25. The van der Waals surface area contributed by atoms with E-state index in [-0.39, 0.29) is 6.61 Å². The van der Waals surface area contributed by atoms with Gasteiger partial charge in [0.1, 0.15) is 18.3 Å². The molecule has 1 rings (SSSR count). The molecule has 7 atom stereocenters. The molecule has 1 aliphatic rings. The van der Waals surface area contributed by atoms with Gasteiger partial charge in [-0.2, -0.15) is 0 Å². The third-order valence-electron chi connectivity index (χ3n) is 6.61. The van der Waals surface area contributed by atoms with Crippen LogP contribution in [0.1, 0.15) is 98.8 Å². The first-order valence-electron chi connectivity index (χ1n) is 12.5. The summed E-state index contributed by atoms with van der Waals surface area (Å²) in [5, 5.41) is 29.0. The van der Waals surface area contributed by atoms with E-state index in [1.165, 1.54) is 57.8 Å². The van der Waals surface area contributed by atoms with Gasteiger partial charge in [-0.05, 0) is 30.1 Å². The van der Waals surface area contributed by atoms with Crippen LogP contribution >= 0.6 is 0 Å². The van der Waals surface area contributed by atoms with Crippen LogP contribution in [0.2, 0.25) is 0 Å². The molecule has 1 saturated heterocycles. The molecule has 5 heteroatoms. The normalized spacial score (nSPS) is 27.9. The minimum Gasteiger partial charge on any atom is -0.388 e. The molecule has 0 aromatic carbocycles. The van der Waals surface area contributed by atoms with Crippen LogP contribution in [0.25, 0.3) is 0 Å². The van der Waals surface area contributed by atoms with Gasteiger partial charge >= 0.3 is 0 Å². The lowest BCUT2D eigenvalue weighted by atomic mass is 9.91. The Balaban J connectivity index is 2.02. The lowest BCUT2D eigenvalue weighted by Gasteiger charge is -2.35. The van der Waals surface area contributed by atoms with E-state index in [9.17, 15) is 15.3 Å². The Morgan fingerprint density at radius 3 is 1.67 bits per heavy atom. The molecule has 180 valence electrons. The fraction of sp³-hybridized carbons (Fsp3) is 1.00. The first-order valence-corrected chi connectivity index (χ1v) is 12.5. The summed E-state index contributed by atoms with van der Waals surface area (Å²) >= 11 is 0. The predicted octanol–water partition coefficient (Wildman–Crippen LogP) is 4.91. The van der Waals surface area contributed by atoms with E-state index in [1.54, 1.807) is 0 Å². The molecular formula is C25H50O5. The summed E-state index contributed by atoms with van der Waals surface area (Å²) in [5.74, 6) is 3.07. The van der Waals surface area contributed by atoms with Crippen molar-refractivity contribution in [2.45, 2.75) is 123 Å². The van der Waals surface area contributed by atoms with Gasteiger partial charge < -0.3 is 24.8 Å². The van der Waals surface area contributed by atoms with Crippen molar-refractivity contribution < 1.29 is 24.8 Å². The minimum atomic E-state index is -1.20. The molecule has 0 radical (unpaired) electrons. The van der Waals surface area contributed by atoms with Gasteiger partial charge in [-0.1, -0.05) is 92.4 Å². The van der Waals surface area contributed by atoms with Crippen molar-refractivity contribution in [3.05, 3.63) is 0 Å². The van der Waals surface area contributed by atoms with Crippen LogP contribution in [0.5, 0.6) is 0 Å². The highest BCUT2D eigenvalue weighted by Gasteiger charge is 2.38. The second-order valence-electron chi connectivity index (χ2n) is 10.4. The number of ether oxygens (including phenoxy) is 2. The summed E-state index contributed by atoms with van der Waals surface area (Å²) < 4.78 is 10.9. The van der Waals surface area contributed by atoms with Crippen molar-refractivity contribution in [3.63, 3.8) is 0 Å². The van der Waals surface area contributed by atoms with E-state index in [1.807, 2.05) is 0 Å². The Kier molecular flexibility index (Phi) is 14.5. The van der Waals surface area contributed by atoms with Crippen molar-refractivity contribution in [2.24, 2.45) is 23.7 Å². The Labute approximate surface area is 185 Å². The van der Waals surface area contributed by atoms with Gasteiger partial charge in [0, 0.05) is 0 Å². The molecule has 0 aromatic heterocycles. The Morgan fingerprint density at radius 2 is 1.17 bits per heavy atom. The van der Waals surface area contributed by atoms with Gasteiger partial charge in [-0.3, -0.25) is 0 Å². The number of hydrogen-bond donors (Lipinski definition) is 3. The van der Waals surface area contributed by atoms with Crippen LogP contribution < -0.4 is 0 Å². The van der Waals surface area contributed by atoms with E-state index < -0.39 is 24.6 Å². The zero-order valence-corrected chi connectivity index (χ0v) is 20.3. The zero-order valence-electron chi connectivity index (χ0n) is 20.3. The molecule has 0 saturated carbocycles. The Morgan fingerprint density at radius 1 is 0.700 bits per heavy atom. The molecular weight excluding hydrogens is 380 g/mol. The fourth-order valence-electron chi connectivity index (χ4n) is 4.25. The molecule has 1 aliphatic heterocycles. The number of hydrogen-bond acceptors (Lipinski definition) is 5. The third-order valence-corrected chi connectivity index (χ3v) is 6.61. The Bertz CT molecular complexity index is 416. The van der Waals surface area contributed by atoms with Crippen molar-refractivity contribution in [3.8, 4) is 0 Å². The number of rotatable bonds is 16. The lowest BCUT2D eigenvalue weighted by Crippen LogP contribution is -2.53. The molecule has 30 heavy (non-hydrogen) atoms. The van der Waals surface area contributed by atoms with E-state index in [0.717, 1.165) is 24.2 Å². The SMILES string of the molecule is CC(C)CCCC(C)CCCC(C)CCCC(C)CCOC1OCC(O)C(O)C1O. The average Bonchev–Trinajstić information content (AvgIpc) is 2.67. The highest BCUT2D eigenvalue weighted by Crippen LogP contribution is 2.23. The van der Waals surface area contributed by atoms with Crippen molar-refractivity contribution in [2.75, 3.05) is 13.2 Å². The van der Waals surface area contributed by atoms with E-state index in [4.69, 9.17) is 9.47 Å². The molecule has 0 amide bonds. The van der Waals surface area contributed by atoms with Crippen LogP contribution in [0.4, 0.5) is 0 Å². The van der Waals surface area contributed by atoms with E-state index in [0.29, 0.717) is 12.5 Å². The highest BCUT2D eigenvalue weighted by molar-refractivity contribution is 4.82. The summed E-state index contributed by atoms with van der Waals surface area (Å²) in [6.07, 6.45) is 8.56. The summed E-state index contributed by atoms with van der Waals surface area (Å²) in [4.78, 5) is 0. The first-order chi connectivity index (χ1) is 14.2. The molecule has 3 N–H and O–H groups in total.